The Kier molecular flexibility index (Phi) is 4.69. The number of aliphatic carboxylic acids is 1. The highest BCUT2D eigenvalue weighted by Crippen LogP contribution is 2.20. The number of carboxylic acids is 1. The van der Waals surface area contributed by atoms with Crippen LogP contribution in [0.5, 0.6) is 0 Å². The SMILES string of the molecule is Cc1nn(C)c(CN(CC(N)=O)CC(=O)O)c1Cl. The second-order valence-corrected chi connectivity index (χ2v) is 4.35. The molecule has 0 atom stereocenters. The Bertz CT molecular complexity index is 456. The fourth-order valence-electron chi connectivity index (χ4n) is 1.64. The van der Waals surface area contributed by atoms with Gasteiger partial charge in [-0.05, 0) is 6.92 Å². The summed E-state index contributed by atoms with van der Waals surface area (Å²) in [5.74, 6) is -1.63. The third-order valence-corrected chi connectivity index (χ3v) is 2.86. The number of primary amides is 1. The van der Waals surface area contributed by atoms with Crippen molar-refractivity contribution in [2.45, 2.75) is 13.5 Å². The molecule has 0 unspecified atom stereocenters. The van der Waals surface area contributed by atoms with Crippen molar-refractivity contribution < 1.29 is 14.7 Å². The van der Waals surface area contributed by atoms with Crippen LogP contribution in [0.4, 0.5) is 0 Å². The van der Waals surface area contributed by atoms with Gasteiger partial charge in [0, 0.05) is 13.6 Å². The minimum Gasteiger partial charge on any atom is -0.480 e. The number of hydrogen-bond donors (Lipinski definition) is 2. The van der Waals surface area contributed by atoms with Crippen molar-refractivity contribution in [3.05, 3.63) is 16.4 Å². The van der Waals surface area contributed by atoms with E-state index >= 15 is 0 Å². The van der Waals surface area contributed by atoms with Gasteiger partial charge >= 0.3 is 5.97 Å². The largest absolute Gasteiger partial charge is 0.480 e. The average Bonchev–Trinajstić information content (AvgIpc) is 2.43. The van der Waals surface area contributed by atoms with Gasteiger partial charge in [-0.2, -0.15) is 5.10 Å². The molecule has 1 aromatic rings. The summed E-state index contributed by atoms with van der Waals surface area (Å²) in [6.07, 6.45) is 0. The summed E-state index contributed by atoms with van der Waals surface area (Å²) < 4.78 is 1.56. The average molecular weight is 275 g/mol. The molecule has 0 aliphatic rings. The summed E-state index contributed by atoms with van der Waals surface area (Å²) in [6.45, 7) is 1.52. The lowest BCUT2D eigenvalue weighted by Gasteiger charge is -2.18. The summed E-state index contributed by atoms with van der Waals surface area (Å²) in [7, 11) is 1.71. The number of amides is 1. The van der Waals surface area contributed by atoms with Crippen molar-refractivity contribution in [2.75, 3.05) is 13.1 Å². The quantitative estimate of drug-likeness (QED) is 0.745. The molecule has 0 aliphatic heterocycles. The van der Waals surface area contributed by atoms with Gasteiger partial charge in [0.1, 0.15) is 0 Å². The first-order chi connectivity index (χ1) is 8.31. The van der Waals surface area contributed by atoms with Crippen LogP contribution in [0.2, 0.25) is 5.02 Å². The second kappa shape index (κ2) is 5.83. The zero-order chi connectivity index (χ0) is 13.9. The zero-order valence-corrected chi connectivity index (χ0v) is 10.9. The molecule has 3 N–H and O–H groups in total. The topological polar surface area (TPSA) is 101 Å². The standard InChI is InChI=1S/C10H15ClN4O3/c1-6-10(11)7(14(2)13-6)3-15(4-8(12)16)5-9(17)18/h3-5H2,1-2H3,(H2,12,16)(H,17,18). The summed E-state index contributed by atoms with van der Waals surface area (Å²) in [5, 5.41) is 13.4. The van der Waals surface area contributed by atoms with Crippen molar-refractivity contribution in [1.82, 2.24) is 14.7 Å². The van der Waals surface area contributed by atoms with Crippen LogP contribution in [0, 0.1) is 6.92 Å². The molecule has 0 saturated heterocycles. The van der Waals surface area contributed by atoms with E-state index in [2.05, 4.69) is 5.10 Å². The Balaban J connectivity index is 2.88. The number of aromatic nitrogens is 2. The number of carbonyl (C=O) groups is 2. The van der Waals surface area contributed by atoms with Crippen LogP contribution >= 0.6 is 11.6 Å². The maximum Gasteiger partial charge on any atom is 0.317 e. The molecule has 1 heterocycles. The van der Waals surface area contributed by atoms with Gasteiger partial charge in [0.15, 0.2) is 0 Å². The van der Waals surface area contributed by atoms with Crippen LogP contribution in [0.3, 0.4) is 0 Å². The molecule has 7 nitrogen and oxygen atoms in total. The van der Waals surface area contributed by atoms with Crippen molar-refractivity contribution in [1.29, 1.82) is 0 Å². The maximum atomic E-state index is 10.9. The van der Waals surface area contributed by atoms with Gasteiger partial charge < -0.3 is 10.8 Å². The van der Waals surface area contributed by atoms with E-state index in [1.807, 2.05) is 0 Å². The van der Waals surface area contributed by atoms with Crippen LogP contribution in [0.25, 0.3) is 0 Å². The third kappa shape index (κ3) is 3.71. The molecule has 0 aromatic carbocycles. The van der Waals surface area contributed by atoms with E-state index in [-0.39, 0.29) is 19.6 Å². The molecular formula is C10H15ClN4O3. The number of carbonyl (C=O) groups excluding carboxylic acids is 1. The number of rotatable bonds is 6. The fourth-order valence-corrected chi connectivity index (χ4v) is 1.86. The molecular weight excluding hydrogens is 260 g/mol. The smallest absolute Gasteiger partial charge is 0.317 e. The van der Waals surface area contributed by atoms with E-state index in [1.165, 1.54) is 4.90 Å². The number of nitrogens with zero attached hydrogens (tertiary/aromatic N) is 3. The first-order valence-corrected chi connectivity index (χ1v) is 5.59. The van der Waals surface area contributed by atoms with Gasteiger partial charge in [-0.1, -0.05) is 11.6 Å². The lowest BCUT2D eigenvalue weighted by molar-refractivity contribution is -0.138. The molecule has 1 aromatic heterocycles. The van der Waals surface area contributed by atoms with Gasteiger partial charge in [-0.3, -0.25) is 19.2 Å². The Hall–Kier alpha value is -1.60. The Morgan fingerprint density at radius 1 is 1.50 bits per heavy atom. The molecule has 100 valence electrons. The molecule has 0 spiro atoms. The lowest BCUT2D eigenvalue weighted by Crippen LogP contribution is -2.37. The molecule has 18 heavy (non-hydrogen) atoms. The first-order valence-electron chi connectivity index (χ1n) is 5.21. The molecule has 0 aliphatic carbocycles. The van der Waals surface area contributed by atoms with Crippen LogP contribution in [0.15, 0.2) is 0 Å². The normalized spacial score (nSPS) is 10.9. The van der Waals surface area contributed by atoms with Crippen molar-refractivity contribution in [2.24, 2.45) is 12.8 Å². The minimum absolute atomic E-state index is 0.146. The van der Waals surface area contributed by atoms with Crippen LogP contribution in [-0.2, 0) is 23.2 Å². The van der Waals surface area contributed by atoms with Gasteiger partial charge in [0.2, 0.25) is 5.91 Å². The van der Waals surface area contributed by atoms with Crippen LogP contribution < -0.4 is 5.73 Å². The number of nitrogens with two attached hydrogens (primary N) is 1. The number of aryl methyl sites for hydroxylation is 2. The van der Waals surface area contributed by atoms with Crippen molar-refractivity contribution in [3.8, 4) is 0 Å². The predicted octanol–water partition coefficient (Wildman–Crippen LogP) is -0.246. The molecule has 0 fully saturated rings. The predicted molar refractivity (Wildman–Crippen MR) is 65.1 cm³/mol. The summed E-state index contributed by atoms with van der Waals surface area (Å²) in [5.41, 5.74) is 6.38. The van der Waals surface area contributed by atoms with Gasteiger partial charge in [-0.15, -0.1) is 0 Å². The van der Waals surface area contributed by atoms with E-state index in [0.29, 0.717) is 16.4 Å². The maximum absolute atomic E-state index is 10.9. The van der Waals surface area contributed by atoms with Gasteiger partial charge in [-0.25, -0.2) is 0 Å². The van der Waals surface area contributed by atoms with E-state index in [1.54, 1.807) is 18.7 Å². The second-order valence-electron chi connectivity index (χ2n) is 3.97. The van der Waals surface area contributed by atoms with Crippen molar-refractivity contribution >= 4 is 23.5 Å². The minimum atomic E-state index is -1.04. The molecule has 0 bridgehead atoms. The highest BCUT2D eigenvalue weighted by Gasteiger charge is 2.18. The van der Waals surface area contributed by atoms with E-state index in [4.69, 9.17) is 22.4 Å². The van der Waals surface area contributed by atoms with Crippen LogP contribution in [0.1, 0.15) is 11.4 Å². The fraction of sp³-hybridized carbons (Fsp3) is 0.500. The van der Waals surface area contributed by atoms with Gasteiger partial charge in [0.05, 0.1) is 29.5 Å². The number of carboxylic acid groups (broad SMARTS) is 1. The number of halogens is 1. The molecule has 8 heteroatoms. The van der Waals surface area contributed by atoms with E-state index in [9.17, 15) is 9.59 Å². The first kappa shape index (κ1) is 14.5. The number of hydrogen-bond acceptors (Lipinski definition) is 4. The molecule has 1 amide bonds. The Morgan fingerprint density at radius 3 is 2.50 bits per heavy atom. The van der Waals surface area contributed by atoms with Gasteiger partial charge in [0.25, 0.3) is 0 Å². The highest BCUT2D eigenvalue weighted by molar-refractivity contribution is 6.31. The Morgan fingerprint density at radius 2 is 2.11 bits per heavy atom. The Labute approximate surface area is 109 Å². The highest BCUT2D eigenvalue weighted by atomic mass is 35.5. The molecule has 0 saturated carbocycles. The monoisotopic (exact) mass is 274 g/mol. The zero-order valence-electron chi connectivity index (χ0n) is 10.2. The molecule has 1 rings (SSSR count). The van der Waals surface area contributed by atoms with Crippen LogP contribution in [-0.4, -0.2) is 44.8 Å². The summed E-state index contributed by atoms with van der Waals surface area (Å²) in [4.78, 5) is 23.0. The molecule has 0 radical (unpaired) electrons. The van der Waals surface area contributed by atoms with Crippen molar-refractivity contribution in [3.63, 3.8) is 0 Å². The van der Waals surface area contributed by atoms with E-state index < -0.39 is 11.9 Å². The summed E-state index contributed by atoms with van der Waals surface area (Å²) >= 11 is 6.06. The third-order valence-electron chi connectivity index (χ3n) is 2.37. The lowest BCUT2D eigenvalue weighted by atomic mass is 10.3. The van der Waals surface area contributed by atoms with E-state index in [0.717, 1.165) is 0 Å². The summed E-state index contributed by atoms with van der Waals surface area (Å²) in [6, 6.07) is 0.